The van der Waals surface area contributed by atoms with Gasteiger partial charge in [0.15, 0.2) is 9.84 Å². The van der Waals surface area contributed by atoms with Crippen molar-refractivity contribution in [1.29, 1.82) is 0 Å². The topological polar surface area (TPSA) is 177 Å². The van der Waals surface area contributed by atoms with E-state index >= 15 is 0 Å². The van der Waals surface area contributed by atoms with Crippen LogP contribution in [-0.4, -0.2) is 85.2 Å². The number of esters is 1. The van der Waals surface area contributed by atoms with E-state index in [1.165, 1.54) is 29.2 Å². The fourth-order valence-corrected chi connectivity index (χ4v) is 5.45. The lowest BCUT2D eigenvalue weighted by atomic mass is 9.85. The van der Waals surface area contributed by atoms with Gasteiger partial charge in [-0.1, -0.05) is 38.4 Å². The Morgan fingerprint density at radius 3 is 2.10 bits per heavy atom. The summed E-state index contributed by atoms with van der Waals surface area (Å²) >= 11 is 6.35. The van der Waals surface area contributed by atoms with Crippen LogP contribution < -0.4 is 16.0 Å². The lowest BCUT2D eigenvalue weighted by Crippen LogP contribution is -2.58. The van der Waals surface area contributed by atoms with E-state index < -0.39 is 74.4 Å². The summed E-state index contributed by atoms with van der Waals surface area (Å²) < 4.78 is 34.2. The number of halogens is 1. The lowest BCUT2D eigenvalue weighted by molar-refractivity contribution is -0.155. The highest BCUT2D eigenvalue weighted by Gasteiger charge is 2.42. The Morgan fingerprint density at radius 1 is 0.979 bits per heavy atom. The molecule has 1 unspecified atom stereocenters. The highest BCUT2D eigenvalue weighted by molar-refractivity contribution is 7.93. The number of ether oxygens (including phenoxy) is 2. The van der Waals surface area contributed by atoms with E-state index in [-0.39, 0.29) is 29.2 Å². The van der Waals surface area contributed by atoms with Crippen molar-refractivity contribution in [3.05, 3.63) is 40.3 Å². The molecule has 13 nitrogen and oxygen atoms in total. The standard InChI is InChI=1S/C33H49ClN4O9S/c1-31(2,3)26(37-27(40)20-13-14-23(22(34)18-20)36-30(43)47-33(7,8)9)29(42)38-16-11-12-24(38)28(41)35-21(15-17-48(10,44)45)19-25(39)46-32(4,5)6/h13-15,17-18,21,24,26H,11-12,16,19H2,1-10H3,(H,35,41)(H,36,43)(H,37,40)/b17-15+/t21-,24-,26?/m1/s1. The average Bonchev–Trinajstić information content (AvgIpc) is 3.38. The second-order valence-electron chi connectivity index (χ2n) is 14.8. The number of benzene rings is 1. The van der Waals surface area contributed by atoms with Crippen LogP contribution in [0.2, 0.25) is 5.02 Å². The van der Waals surface area contributed by atoms with E-state index in [9.17, 15) is 32.4 Å². The Hall–Kier alpha value is -3.65. The number of carbonyl (C=O) groups excluding carboxylic acids is 5. The molecule has 1 aromatic carbocycles. The molecule has 1 heterocycles. The van der Waals surface area contributed by atoms with E-state index in [1.54, 1.807) is 62.3 Å². The van der Waals surface area contributed by atoms with Crippen LogP contribution in [0.25, 0.3) is 0 Å². The first-order valence-electron chi connectivity index (χ1n) is 15.6. The van der Waals surface area contributed by atoms with Crippen molar-refractivity contribution in [3.63, 3.8) is 0 Å². The highest BCUT2D eigenvalue weighted by atomic mass is 35.5. The van der Waals surface area contributed by atoms with Gasteiger partial charge in [-0.05, 0) is 78.0 Å². The maximum Gasteiger partial charge on any atom is 0.412 e. The number of likely N-dealkylation sites (tertiary alicyclic amines) is 1. The molecule has 1 aliphatic rings. The Morgan fingerprint density at radius 2 is 1.58 bits per heavy atom. The van der Waals surface area contributed by atoms with E-state index in [2.05, 4.69) is 16.0 Å². The lowest BCUT2D eigenvalue weighted by Gasteiger charge is -2.35. The third-order valence-corrected chi connectivity index (χ3v) is 7.75. The van der Waals surface area contributed by atoms with Crippen molar-refractivity contribution in [3.8, 4) is 0 Å². The fourth-order valence-electron chi connectivity index (χ4n) is 4.75. The quantitative estimate of drug-likeness (QED) is 0.293. The molecular formula is C33H49ClN4O9S. The number of amides is 4. The minimum Gasteiger partial charge on any atom is -0.460 e. The van der Waals surface area contributed by atoms with Gasteiger partial charge in [-0.15, -0.1) is 0 Å². The zero-order chi connectivity index (χ0) is 36.8. The van der Waals surface area contributed by atoms with Crippen LogP contribution in [0.5, 0.6) is 0 Å². The van der Waals surface area contributed by atoms with E-state index in [0.29, 0.717) is 12.8 Å². The summed E-state index contributed by atoms with van der Waals surface area (Å²) in [6, 6.07) is 1.24. The van der Waals surface area contributed by atoms with E-state index in [4.69, 9.17) is 21.1 Å². The van der Waals surface area contributed by atoms with Crippen molar-refractivity contribution in [2.45, 2.75) is 111 Å². The average molecular weight is 713 g/mol. The summed E-state index contributed by atoms with van der Waals surface area (Å²) in [5, 5.41) is 8.98. The summed E-state index contributed by atoms with van der Waals surface area (Å²) in [5.41, 5.74) is -1.94. The van der Waals surface area contributed by atoms with Gasteiger partial charge in [0, 0.05) is 23.8 Å². The molecule has 268 valence electrons. The van der Waals surface area contributed by atoms with Gasteiger partial charge in [-0.25, -0.2) is 13.2 Å². The fraction of sp³-hybridized carbons (Fsp3) is 0.606. The minimum atomic E-state index is -3.57. The Balaban J connectivity index is 2.25. The molecule has 1 saturated heterocycles. The molecule has 0 aliphatic carbocycles. The maximum absolute atomic E-state index is 14.0. The highest BCUT2D eigenvalue weighted by Crippen LogP contribution is 2.28. The minimum absolute atomic E-state index is 0.0780. The first-order chi connectivity index (χ1) is 21.8. The molecule has 48 heavy (non-hydrogen) atoms. The van der Waals surface area contributed by atoms with Crippen molar-refractivity contribution in [2.24, 2.45) is 5.41 Å². The summed E-state index contributed by atoms with van der Waals surface area (Å²) in [5.74, 6) is -2.31. The number of carbonyl (C=O) groups is 5. The zero-order valence-electron chi connectivity index (χ0n) is 29.4. The van der Waals surface area contributed by atoms with E-state index in [1.807, 2.05) is 0 Å². The van der Waals surface area contributed by atoms with Crippen molar-refractivity contribution in [2.75, 3.05) is 18.1 Å². The van der Waals surface area contributed by atoms with Crippen LogP contribution >= 0.6 is 11.6 Å². The predicted octanol–water partition coefficient (Wildman–Crippen LogP) is 4.60. The molecule has 0 bridgehead atoms. The van der Waals surface area contributed by atoms with Gasteiger partial charge in [0.25, 0.3) is 5.91 Å². The molecule has 0 saturated carbocycles. The van der Waals surface area contributed by atoms with Crippen molar-refractivity contribution >= 4 is 56.9 Å². The molecule has 1 fully saturated rings. The monoisotopic (exact) mass is 712 g/mol. The van der Waals surface area contributed by atoms with Gasteiger partial charge < -0.3 is 25.0 Å². The Kier molecular flexibility index (Phi) is 13.3. The van der Waals surface area contributed by atoms with Crippen LogP contribution in [0.15, 0.2) is 29.7 Å². The van der Waals surface area contributed by atoms with Gasteiger partial charge in [0.2, 0.25) is 11.8 Å². The number of sulfone groups is 1. The first-order valence-corrected chi connectivity index (χ1v) is 17.9. The van der Waals surface area contributed by atoms with Crippen LogP contribution in [0.1, 0.15) is 91.9 Å². The van der Waals surface area contributed by atoms with Gasteiger partial charge in [0.1, 0.15) is 23.3 Å². The molecule has 0 radical (unpaired) electrons. The number of rotatable bonds is 10. The van der Waals surface area contributed by atoms with Gasteiger partial charge in [-0.2, -0.15) is 0 Å². The number of hydrogen-bond donors (Lipinski definition) is 3. The molecule has 3 atom stereocenters. The third kappa shape index (κ3) is 13.5. The van der Waals surface area contributed by atoms with Crippen molar-refractivity contribution < 1.29 is 41.9 Å². The smallest absolute Gasteiger partial charge is 0.412 e. The number of nitrogens with one attached hydrogen (secondary N) is 3. The molecule has 3 N–H and O–H groups in total. The van der Waals surface area contributed by atoms with Gasteiger partial charge in [-0.3, -0.25) is 24.5 Å². The second-order valence-corrected chi connectivity index (χ2v) is 17.2. The molecule has 4 amide bonds. The number of anilines is 1. The van der Waals surface area contributed by atoms with Crippen LogP contribution in [0, 0.1) is 5.41 Å². The summed E-state index contributed by atoms with van der Waals surface area (Å²) in [7, 11) is -3.57. The van der Waals surface area contributed by atoms with Crippen LogP contribution in [0.4, 0.5) is 10.5 Å². The zero-order valence-corrected chi connectivity index (χ0v) is 30.9. The molecular weight excluding hydrogens is 664 g/mol. The van der Waals surface area contributed by atoms with Gasteiger partial charge >= 0.3 is 12.1 Å². The third-order valence-electron chi connectivity index (χ3n) is 6.79. The molecule has 1 aliphatic heterocycles. The largest absolute Gasteiger partial charge is 0.460 e. The van der Waals surface area contributed by atoms with Crippen molar-refractivity contribution in [1.82, 2.24) is 15.5 Å². The Labute approximate surface area is 288 Å². The molecule has 2 rings (SSSR count). The molecule has 0 aromatic heterocycles. The number of nitrogens with zero attached hydrogens (tertiary/aromatic N) is 1. The van der Waals surface area contributed by atoms with Crippen LogP contribution in [-0.2, 0) is 33.7 Å². The SMILES string of the molecule is CC(C)(C)OC(=O)C[C@@H](/C=C/S(C)(=O)=O)NC(=O)[C@H]1CCCN1C(=O)C(NC(=O)c1ccc(NC(=O)OC(C)(C)C)c(Cl)c1)C(C)(C)C. The molecule has 1 aromatic rings. The number of hydrogen-bond acceptors (Lipinski definition) is 9. The summed E-state index contributed by atoms with van der Waals surface area (Å²) in [4.78, 5) is 67.0. The van der Waals surface area contributed by atoms with Gasteiger partial charge in [0.05, 0.1) is 23.2 Å². The second kappa shape index (κ2) is 15.7. The summed E-state index contributed by atoms with van der Waals surface area (Å²) in [6.07, 6.45) is 1.97. The predicted molar refractivity (Wildman–Crippen MR) is 183 cm³/mol. The first kappa shape index (κ1) is 40.5. The molecule has 15 heteroatoms. The summed E-state index contributed by atoms with van der Waals surface area (Å²) in [6.45, 7) is 15.8. The van der Waals surface area contributed by atoms with E-state index in [0.717, 1.165) is 11.7 Å². The molecule has 0 spiro atoms. The maximum atomic E-state index is 14.0. The Bertz CT molecular complexity index is 1520. The normalized spacial score (nSPS) is 17.0. The van der Waals surface area contributed by atoms with Crippen LogP contribution in [0.3, 0.4) is 0 Å².